The van der Waals surface area contributed by atoms with E-state index in [4.69, 9.17) is 54.7 Å². The van der Waals surface area contributed by atoms with Gasteiger partial charge in [0.25, 0.3) is 0 Å². The number of pyridine rings is 1. The van der Waals surface area contributed by atoms with Gasteiger partial charge in [-0.15, -0.1) is 0 Å². The quantitative estimate of drug-likeness (QED) is 0.115. The van der Waals surface area contributed by atoms with Crippen LogP contribution in [0.3, 0.4) is 0 Å². The summed E-state index contributed by atoms with van der Waals surface area (Å²) in [5.74, 6) is 0.783. The van der Waals surface area contributed by atoms with Gasteiger partial charge in [-0.05, 0) is 55.6 Å². The molecule has 1 aromatic carbocycles. The van der Waals surface area contributed by atoms with Crippen LogP contribution in [-0.2, 0) is 30.4 Å². The molecule has 44 heavy (non-hydrogen) atoms. The normalized spacial score (nSPS) is 25.4. The largest absolute Gasteiger partial charge is 0.493 e. The molecule has 3 aromatic rings. The van der Waals surface area contributed by atoms with Gasteiger partial charge in [0.1, 0.15) is 30.8 Å². The molecule has 0 N–H and O–H groups in total. The highest BCUT2D eigenvalue weighted by Gasteiger charge is 2.50. The van der Waals surface area contributed by atoms with Crippen LogP contribution in [0.15, 0.2) is 30.3 Å². The van der Waals surface area contributed by atoms with Crippen molar-refractivity contribution in [3.63, 3.8) is 0 Å². The van der Waals surface area contributed by atoms with Crippen molar-refractivity contribution in [3.8, 4) is 23.0 Å². The van der Waals surface area contributed by atoms with Gasteiger partial charge in [0.15, 0.2) is 18.0 Å². The van der Waals surface area contributed by atoms with E-state index in [1.807, 2.05) is 34.9 Å². The van der Waals surface area contributed by atoms with Crippen molar-refractivity contribution in [3.05, 3.63) is 35.4 Å². The first kappa shape index (κ1) is 32.2. The van der Waals surface area contributed by atoms with Crippen molar-refractivity contribution in [2.45, 2.75) is 82.4 Å². The molecule has 13 heteroatoms. The summed E-state index contributed by atoms with van der Waals surface area (Å²) in [6, 6.07) is 11.0. The molecule has 10 nitrogen and oxygen atoms in total. The standard InChI is InChI=1S/C31H41BrClN3O7Si/c1-44(2,3)15-14-37-19-36-23-16-22(33)27(20-7-9-21(10-8-20)38-13-11-32)34-30(23)35-31(36)43-25-18-41-28-24(17-40-29(25)28)42-26-6-4-5-12-39-26/h7-10,16,24-26,28-29H,4-6,11-15,17-19H2,1-3H3/t24-,25-,26?,28-,29-/m1/s1. The Kier molecular flexibility index (Phi) is 10.5. The van der Waals surface area contributed by atoms with Crippen molar-refractivity contribution in [2.24, 2.45) is 0 Å². The summed E-state index contributed by atoms with van der Waals surface area (Å²) in [6.07, 6.45) is 1.80. The average molecular weight is 711 g/mol. The third-order valence-corrected chi connectivity index (χ3v) is 10.3. The highest BCUT2D eigenvalue weighted by molar-refractivity contribution is 9.09. The zero-order valence-corrected chi connectivity index (χ0v) is 28.8. The molecular formula is C31H41BrClN3O7Si. The Morgan fingerprint density at radius 3 is 2.50 bits per heavy atom. The van der Waals surface area contributed by atoms with Crippen LogP contribution in [-0.4, -0.2) is 91.7 Å². The first-order valence-corrected chi connectivity index (χ1v) is 20.6. The molecule has 240 valence electrons. The van der Waals surface area contributed by atoms with E-state index in [9.17, 15) is 0 Å². The number of fused-ring (bicyclic) bond motifs is 2. The fourth-order valence-corrected chi connectivity index (χ4v) is 6.79. The van der Waals surface area contributed by atoms with E-state index in [0.717, 1.165) is 54.1 Å². The van der Waals surface area contributed by atoms with Gasteiger partial charge in [-0.3, -0.25) is 4.57 Å². The molecule has 0 bridgehead atoms. The second-order valence-electron chi connectivity index (χ2n) is 12.6. The highest BCUT2D eigenvalue weighted by atomic mass is 79.9. The van der Waals surface area contributed by atoms with Crippen LogP contribution in [0.5, 0.6) is 11.8 Å². The van der Waals surface area contributed by atoms with Gasteiger partial charge in [-0.25, -0.2) is 4.98 Å². The predicted octanol–water partition coefficient (Wildman–Crippen LogP) is 6.29. The van der Waals surface area contributed by atoms with E-state index < -0.39 is 8.07 Å². The van der Waals surface area contributed by atoms with Crippen LogP contribution in [0.4, 0.5) is 0 Å². The molecule has 0 saturated carbocycles. The maximum absolute atomic E-state index is 6.82. The number of aromatic nitrogens is 3. The van der Waals surface area contributed by atoms with Crippen LogP contribution >= 0.6 is 27.5 Å². The molecule has 3 saturated heterocycles. The fraction of sp³-hybridized carbons (Fsp3) is 0.613. The lowest BCUT2D eigenvalue weighted by Crippen LogP contribution is -2.38. The Morgan fingerprint density at radius 1 is 1.00 bits per heavy atom. The molecule has 3 aliphatic rings. The van der Waals surface area contributed by atoms with Crippen molar-refractivity contribution < 1.29 is 33.2 Å². The van der Waals surface area contributed by atoms with Gasteiger partial charge in [0.2, 0.25) is 0 Å². The summed E-state index contributed by atoms with van der Waals surface area (Å²) in [7, 11) is -1.26. The number of ether oxygens (including phenoxy) is 7. The Bertz CT molecular complexity index is 1400. The SMILES string of the molecule is C[Si](C)(C)CCOCn1c(O[C@@H]2CO[C@H]3[C@@H]2OC[C@H]3OC2CCCCO2)nc2nc(-c3ccc(OCCBr)cc3)c(Cl)cc21. The van der Waals surface area contributed by atoms with E-state index in [2.05, 4.69) is 35.6 Å². The second-order valence-corrected chi connectivity index (χ2v) is 19.4. The van der Waals surface area contributed by atoms with Crippen molar-refractivity contribution in [2.75, 3.05) is 38.4 Å². The lowest BCUT2D eigenvalue weighted by molar-refractivity contribution is -0.202. The topological polar surface area (TPSA) is 95.3 Å². The van der Waals surface area contributed by atoms with Crippen LogP contribution < -0.4 is 9.47 Å². The Balaban J connectivity index is 1.22. The fourth-order valence-electron chi connectivity index (χ4n) is 5.62. The zero-order chi connectivity index (χ0) is 30.7. The molecule has 0 spiro atoms. The third-order valence-electron chi connectivity index (χ3n) is 8.03. The number of hydrogen-bond donors (Lipinski definition) is 0. The number of halogens is 2. The van der Waals surface area contributed by atoms with E-state index in [1.165, 1.54) is 0 Å². The van der Waals surface area contributed by atoms with Crippen LogP contribution in [0.1, 0.15) is 19.3 Å². The minimum atomic E-state index is -1.26. The molecule has 3 fully saturated rings. The zero-order valence-electron chi connectivity index (χ0n) is 25.5. The summed E-state index contributed by atoms with van der Waals surface area (Å²) < 4.78 is 44.6. The van der Waals surface area contributed by atoms with Crippen molar-refractivity contribution >= 4 is 46.8 Å². The molecule has 0 amide bonds. The van der Waals surface area contributed by atoms with Gasteiger partial charge in [-0.1, -0.05) is 47.2 Å². The molecule has 2 aromatic heterocycles. The first-order chi connectivity index (χ1) is 21.3. The van der Waals surface area contributed by atoms with Crippen molar-refractivity contribution in [1.82, 2.24) is 14.5 Å². The summed E-state index contributed by atoms with van der Waals surface area (Å²) in [5.41, 5.74) is 2.75. The number of rotatable bonds is 13. The molecule has 5 heterocycles. The predicted molar refractivity (Wildman–Crippen MR) is 174 cm³/mol. The summed E-state index contributed by atoms with van der Waals surface area (Å²) >= 11 is 10.2. The summed E-state index contributed by atoms with van der Waals surface area (Å²) in [4.78, 5) is 9.69. The monoisotopic (exact) mass is 709 g/mol. The second kappa shape index (κ2) is 14.3. The van der Waals surface area contributed by atoms with E-state index >= 15 is 0 Å². The van der Waals surface area contributed by atoms with Gasteiger partial charge in [0.05, 0.1) is 36.1 Å². The number of imidazole rings is 1. The van der Waals surface area contributed by atoms with Crippen molar-refractivity contribution in [1.29, 1.82) is 0 Å². The molecule has 1 unspecified atom stereocenters. The van der Waals surface area contributed by atoms with E-state index in [1.54, 1.807) is 0 Å². The molecule has 5 atom stereocenters. The van der Waals surface area contributed by atoms with E-state index in [0.29, 0.717) is 48.8 Å². The molecule has 6 rings (SSSR count). The van der Waals surface area contributed by atoms with E-state index in [-0.39, 0.29) is 37.4 Å². The number of alkyl halides is 1. The first-order valence-electron chi connectivity index (χ1n) is 15.4. The van der Waals surface area contributed by atoms with Gasteiger partial charge < -0.3 is 33.2 Å². The van der Waals surface area contributed by atoms with Crippen LogP contribution in [0.2, 0.25) is 30.7 Å². The number of hydrogen-bond acceptors (Lipinski definition) is 9. The minimum Gasteiger partial charge on any atom is -0.493 e. The average Bonchev–Trinajstić information content (AvgIpc) is 3.69. The summed E-state index contributed by atoms with van der Waals surface area (Å²) in [5, 5.41) is 1.27. The van der Waals surface area contributed by atoms with Gasteiger partial charge >= 0.3 is 6.01 Å². The Labute approximate surface area is 272 Å². The third kappa shape index (κ3) is 7.60. The molecule has 0 aliphatic carbocycles. The number of nitrogens with zero attached hydrogens (tertiary/aromatic N) is 3. The molecule has 0 radical (unpaired) electrons. The lowest BCUT2D eigenvalue weighted by Gasteiger charge is -2.27. The Hall–Kier alpha value is -1.77. The van der Waals surface area contributed by atoms with Crippen LogP contribution in [0.25, 0.3) is 22.4 Å². The maximum Gasteiger partial charge on any atom is 0.301 e. The maximum atomic E-state index is 6.82. The van der Waals surface area contributed by atoms with Crippen LogP contribution in [0, 0.1) is 0 Å². The Morgan fingerprint density at radius 2 is 1.77 bits per heavy atom. The highest BCUT2D eigenvalue weighted by Crippen LogP contribution is 2.35. The lowest BCUT2D eigenvalue weighted by atomic mass is 10.1. The van der Waals surface area contributed by atoms with Gasteiger partial charge in [0, 0.05) is 32.2 Å². The molecular weight excluding hydrogens is 670 g/mol. The summed E-state index contributed by atoms with van der Waals surface area (Å²) in [6.45, 7) is 10.0. The molecule has 3 aliphatic heterocycles. The number of benzene rings is 1. The minimum absolute atomic E-state index is 0.195. The smallest absolute Gasteiger partial charge is 0.301 e. The van der Waals surface area contributed by atoms with Gasteiger partial charge in [-0.2, -0.15) is 4.98 Å².